The fourth-order valence-electron chi connectivity index (χ4n) is 3.16. The first-order valence-electron chi connectivity index (χ1n) is 11.8. The predicted octanol–water partition coefficient (Wildman–Crippen LogP) is 6.97. The van der Waals surface area contributed by atoms with Crippen molar-refractivity contribution < 1.29 is 14.4 Å². The first kappa shape index (κ1) is 31.0. The molecule has 6 heteroatoms. The van der Waals surface area contributed by atoms with Gasteiger partial charge in [-0.05, 0) is 37.2 Å². The molecule has 0 aromatic carbocycles. The molecule has 176 valence electrons. The summed E-state index contributed by atoms with van der Waals surface area (Å²) < 4.78 is 5.52. The van der Waals surface area contributed by atoms with Crippen LogP contribution in [0.4, 0.5) is 0 Å². The van der Waals surface area contributed by atoms with Crippen molar-refractivity contribution in [1.82, 2.24) is 0 Å². The highest BCUT2D eigenvalue weighted by molar-refractivity contribution is 7.94. The molecule has 0 aromatic heterocycles. The zero-order valence-corrected chi connectivity index (χ0v) is 20.1. The Morgan fingerprint density at radius 2 is 1.10 bits per heavy atom. The summed E-state index contributed by atoms with van der Waals surface area (Å²) in [5.41, 5.74) is 0. The number of aliphatic hydroxyl groups excluding tert-OH is 2. The summed E-state index contributed by atoms with van der Waals surface area (Å²) in [5, 5.41) is 20.1. The summed E-state index contributed by atoms with van der Waals surface area (Å²) in [7, 11) is 0. The lowest BCUT2D eigenvalue weighted by atomic mass is 9.99. The molecule has 0 fully saturated rings. The van der Waals surface area contributed by atoms with Gasteiger partial charge in [0.1, 0.15) is 0 Å². The van der Waals surface area contributed by atoms with E-state index in [1.54, 1.807) is 12.0 Å². The van der Waals surface area contributed by atoms with E-state index in [4.69, 9.17) is 14.1 Å². The topological polar surface area (TPSA) is 83.8 Å². The average molecular weight is 437 g/mol. The number of aliphatic hydroxyl groups is 2. The molecule has 0 amide bonds. The maximum atomic E-state index is 10.1. The minimum atomic E-state index is -0.525. The van der Waals surface area contributed by atoms with Crippen molar-refractivity contribution in [2.45, 2.75) is 129 Å². The summed E-state index contributed by atoms with van der Waals surface area (Å²) in [5.74, 6) is 1.72. The van der Waals surface area contributed by atoms with Crippen molar-refractivity contribution >= 4 is 12.0 Å². The smallest absolute Gasteiger partial charge is 0.0799 e. The van der Waals surface area contributed by atoms with Crippen molar-refractivity contribution in [1.29, 1.82) is 0 Å². The van der Waals surface area contributed by atoms with Crippen molar-refractivity contribution in [3.05, 3.63) is 9.93 Å². The van der Waals surface area contributed by atoms with Gasteiger partial charge >= 0.3 is 0 Å². The summed E-state index contributed by atoms with van der Waals surface area (Å²) in [4.78, 5) is 14.0. The van der Waals surface area contributed by atoms with Crippen LogP contribution in [0.2, 0.25) is 0 Å². The quantitative estimate of drug-likeness (QED) is 0.149. The highest BCUT2D eigenvalue weighted by Crippen LogP contribution is 2.16. The highest BCUT2D eigenvalue weighted by Gasteiger charge is 2.15. The van der Waals surface area contributed by atoms with Crippen molar-refractivity contribution in [2.75, 3.05) is 12.4 Å². The Morgan fingerprint density at radius 1 is 0.690 bits per heavy atom. The fourth-order valence-corrected chi connectivity index (χ4v) is 3.97. The monoisotopic (exact) mass is 436 g/mol. The highest BCUT2D eigenvalue weighted by atomic mass is 32.2. The van der Waals surface area contributed by atoms with Crippen LogP contribution in [0, 0.1) is 15.8 Å². The van der Waals surface area contributed by atoms with Gasteiger partial charge in [-0.1, -0.05) is 97.8 Å². The molecule has 0 unspecified atom stereocenters. The Balaban J connectivity index is 0. The Morgan fingerprint density at radius 3 is 1.55 bits per heavy atom. The van der Waals surface area contributed by atoms with Crippen LogP contribution in [0.15, 0.2) is 0 Å². The molecule has 0 bridgehead atoms. The molecule has 0 rings (SSSR count). The lowest BCUT2D eigenvalue weighted by molar-refractivity contribution is 0.00712. The van der Waals surface area contributed by atoms with Crippen LogP contribution >= 0.6 is 12.0 Å². The Hall–Kier alpha value is -0.170. The van der Waals surface area contributed by atoms with Crippen molar-refractivity contribution in [3.8, 4) is 0 Å². The third kappa shape index (κ3) is 25.8. The molecule has 0 aliphatic heterocycles. The molecule has 0 aliphatic carbocycles. The average Bonchev–Trinajstić information content (AvgIpc) is 2.72. The molecule has 29 heavy (non-hydrogen) atoms. The van der Waals surface area contributed by atoms with E-state index < -0.39 is 12.2 Å². The van der Waals surface area contributed by atoms with Gasteiger partial charge in [0.15, 0.2) is 0 Å². The molecule has 5 nitrogen and oxygen atoms in total. The predicted molar refractivity (Wildman–Crippen MR) is 127 cm³/mol. The van der Waals surface area contributed by atoms with Crippen LogP contribution in [0.5, 0.6) is 0 Å². The lowest BCUT2D eigenvalue weighted by Gasteiger charge is -2.17. The van der Waals surface area contributed by atoms with E-state index in [1.807, 2.05) is 0 Å². The molecule has 0 saturated heterocycles. The SMILES string of the molecule is CCCCCCCC[C@H](O)[C@H](O)CCCCCCCCCSOCC(C)C.O=O. The molecule has 2 atom stereocenters. The minimum Gasteiger partial charge on any atom is -0.390 e. The van der Waals surface area contributed by atoms with Crippen molar-refractivity contribution in [3.63, 3.8) is 0 Å². The van der Waals surface area contributed by atoms with E-state index in [-0.39, 0.29) is 0 Å². The van der Waals surface area contributed by atoms with Crippen LogP contribution in [-0.2, 0) is 4.18 Å². The van der Waals surface area contributed by atoms with Crippen LogP contribution in [0.1, 0.15) is 117 Å². The molecule has 0 aliphatic rings. The van der Waals surface area contributed by atoms with E-state index >= 15 is 0 Å². The molecule has 0 heterocycles. The first-order valence-corrected chi connectivity index (χ1v) is 12.8. The summed E-state index contributed by atoms with van der Waals surface area (Å²) in [6.07, 6.45) is 16.4. The molecular weight excluding hydrogens is 388 g/mol. The second kappa shape index (κ2) is 25.9. The Bertz CT molecular complexity index is 305. The molecule has 0 radical (unpaired) electrons. The maximum absolute atomic E-state index is 10.1. The van der Waals surface area contributed by atoms with E-state index in [2.05, 4.69) is 20.8 Å². The number of unbranched alkanes of at least 4 members (excludes halogenated alkanes) is 11. The van der Waals surface area contributed by atoms with Crippen LogP contribution in [0.3, 0.4) is 0 Å². The van der Waals surface area contributed by atoms with Crippen LogP contribution in [0.25, 0.3) is 0 Å². The molecule has 2 N–H and O–H groups in total. The number of hydrogen-bond donors (Lipinski definition) is 2. The van der Waals surface area contributed by atoms with Gasteiger partial charge in [-0.2, -0.15) is 0 Å². The second-order valence-corrected chi connectivity index (χ2v) is 9.33. The third-order valence-corrected chi connectivity index (χ3v) is 5.77. The van der Waals surface area contributed by atoms with Gasteiger partial charge in [0.2, 0.25) is 0 Å². The summed E-state index contributed by atoms with van der Waals surface area (Å²) in [6, 6.07) is 0. The van der Waals surface area contributed by atoms with Gasteiger partial charge in [0.05, 0.1) is 18.8 Å². The van der Waals surface area contributed by atoms with Gasteiger partial charge in [0.25, 0.3) is 0 Å². The number of rotatable bonds is 21. The molecule has 0 aromatic rings. The second-order valence-electron chi connectivity index (χ2n) is 8.46. The van der Waals surface area contributed by atoms with Gasteiger partial charge in [0, 0.05) is 15.7 Å². The third-order valence-electron chi connectivity index (χ3n) is 5.01. The van der Waals surface area contributed by atoms with E-state index in [0.29, 0.717) is 5.92 Å². The zero-order valence-electron chi connectivity index (χ0n) is 19.3. The van der Waals surface area contributed by atoms with Gasteiger partial charge in [-0.25, -0.2) is 0 Å². The molecular formula is C23H48O5S. The first-order chi connectivity index (χ1) is 14.1. The van der Waals surface area contributed by atoms with Crippen LogP contribution < -0.4 is 0 Å². The summed E-state index contributed by atoms with van der Waals surface area (Å²) >= 11 is 1.62. The Kier molecular flexibility index (Phi) is 27.7. The fraction of sp³-hybridized carbons (Fsp3) is 1.00. The van der Waals surface area contributed by atoms with Gasteiger partial charge in [-0.15, -0.1) is 0 Å². The van der Waals surface area contributed by atoms with Crippen molar-refractivity contribution in [2.24, 2.45) is 5.92 Å². The largest absolute Gasteiger partial charge is 0.390 e. The normalized spacial score (nSPS) is 13.2. The van der Waals surface area contributed by atoms with Crippen LogP contribution in [-0.4, -0.2) is 34.8 Å². The Labute approximate surface area is 184 Å². The van der Waals surface area contributed by atoms with E-state index in [1.165, 1.54) is 70.6 Å². The van der Waals surface area contributed by atoms with E-state index in [9.17, 15) is 10.2 Å². The zero-order chi connectivity index (χ0) is 22.2. The number of hydrogen-bond acceptors (Lipinski definition) is 6. The lowest BCUT2D eigenvalue weighted by Crippen LogP contribution is -2.25. The minimum absolute atomic E-state index is 0.522. The molecule has 0 saturated carbocycles. The van der Waals surface area contributed by atoms with Gasteiger partial charge < -0.3 is 14.4 Å². The standard InChI is InChI=1S/C23H48O3S.O2/c1-4-5-6-7-11-14-17-22(24)23(25)18-15-12-9-8-10-13-16-19-27-26-20-21(2)3;1-2/h21-25H,4-20H2,1-3H3;/t22-,23+;/m0./s1. The van der Waals surface area contributed by atoms with E-state index in [0.717, 1.165) is 38.0 Å². The van der Waals surface area contributed by atoms with Gasteiger partial charge in [-0.3, -0.25) is 0 Å². The summed E-state index contributed by atoms with van der Waals surface area (Å²) in [6.45, 7) is 7.43. The molecule has 0 spiro atoms. The maximum Gasteiger partial charge on any atom is 0.0799 e.